The Bertz CT molecular complexity index is 993. The molecule has 0 amide bonds. The number of nitrogens with one attached hydrogen (secondary N) is 2. The average molecular weight is 420 g/mol. The van der Waals surface area contributed by atoms with Crippen molar-refractivity contribution in [2.24, 2.45) is 0 Å². The normalized spacial score (nSPS) is 12.3. The van der Waals surface area contributed by atoms with Crippen molar-refractivity contribution < 1.29 is 22.3 Å². The van der Waals surface area contributed by atoms with Gasteiger partial charge in [0.1, 0.15) is 17.4 Å². The van der Waals surface area contributed by atoms with Crippen LogP contribution >= 0.6 is 0 Å². The Balaban J connectivity index is 1.97. The number of halogens is 4. The van der Waals surface area contributed by atoms with Crippen LogP contribution in [0.4, 0.5) is 35.0 Å². The number of aromatic nitrogens is 2. The van der Waals surface area contributed by atoms with E-state index in [-0.39, 0.29) is 17.6 Å². The molecular weight excluding hydrogens is 400 g/mol. The van der Waals surface area contributed by atoms with Gasteiger partial charge >= 0.3 is 6.36 Å². The van der Waals surface area contributed by atoms with Crippen LogP contribution in [0, 0.1) is 5.82 Å². The molecule has 0 spiro atoms. The van der Waals surface area contributed by atoms with Gasteiger partial charge in [-0.1, -0.05) is 19.1 Å². The molecule has 0 radical (unpaired) electrons. The molecule has 30 heavy (non-hydrogen) atoms. The van der Waals surface area contributed by atoms with Gasteiger partial charge < -0.3 is 15.4 Å². The van der Waals surface area contributed by atoms with Crippen molar-refractivity contribution in [3.05, 3.63) is 60.4 Å². The SMILES string of the molecule is CC[C@H](C)Nc1nc(Nc2ccc(F)cc2)cc(-c2cccc(OC(F)(F)F)c2)n1. The van der Waals surface area contributed by atoms with E-state index in [1.807, 2.05) is 13.8 Å². The van der Waals surface area contributed by atoms with Gasteiger partial charge in [-0.05, 0) is 49.7 Å². The highest BCUT2D eigenvalue weighted by atomic mass is 19.4. The molecule has 0 saturated heterocycles. The lowest BCUT2D eigenvalue weighted by molar-refractivity contribution is -0.274. The smallest absolute Gasteiger partial charge is 0.406 e. The van der Waals surface area contributed by atoms with Gasteiger partial charge in [0.2, 0.25) is 5.95 Å². The van der Waals surface area contributed by atoms with Gasteiger partial charge in [-0.2, -0.15) is 4.98 Å². The van der Waals surface area contributed by atoms with Gasteiger partial charge in [-0.3, -0.25) is 0 Å². The Morgan fingerprint density at radius 1 is 1.03 bits per heavy atom. The van der Waals surface area contributed by atoms with E-state index in [1.54, 1.807) is 24.3 Å². The maximum absolute atomic E-state index is 13.2. The third-order valence-corrected chi connectivity index (χ3v) is 4.19. The van der Waals surface area contributed by atoms with Gasteiger partial charge in [-0.25, -0.2) is 9.37 Å². The zero-order valence-electron chi connectivity index (χ0n) is 16.3. The van der Waals surface area contributed by atoms with Crippen molar-refractivity contribution in [1.29, 1.82) is 0 Å². The molecule has 2 N–H and O–H groups in total. The van der Waals surface area contributed by atoms with E-state index in [0.29, 0.717) is 28.7 Å². The molecule has 0 aliphatic carbocycles. The van der Waals surface area contributed by atoms with Crippen LogP contribution in [0.2, 0.25) is 0 Å². The fourth-order valence-electron chi connectivity index (χ4n) is 2.58. The van der Waals surface area contributed by atoms with E-state index >= 15 is 0 Å². The number of anilines is 3. The van der Waals surface area contributed by atoms with E-state index in [2.05, 4.69) is 25.3 Å². The molecule has 3 aromatic rings. The van der Waals surface area contributed by atoms with Gasteiger partial charge in [0.05, 0.1) is 5.69 Å². The summed E-state index contributed by atoms with van der Waals surface area (Å²) in [5, 5.41) is 6.21. The highest BCUT2D eigenvalue weighted by Crippen LogP contribution is 2.29. The fourth-order valence-corrected chi connectivity index (χ4v) is 2.58. The van der Waals surface area contributed by atoms with Crippen LogP contribution in [0.25, 0.3) is 11.3 Å². The third-order valence-electron chi connectivity index (χ3n) is 4.19. The number of rotatable bonds is 7. The van der Waals surface area contributed by atoms with Crippen molar-refractivity contribution in [3.63, 3.8) is 0 Å². The summed E-state index contributed by atoms with van der Waals surface area (Å²) in [5.41, 5.74) is 1.42. The summed E-state index contributed by atoms with van der Waals surface area (Å²) in [4.78, 5) is 8.83. The van der Waals surface area contributed by atoms with Crippen molar-refractivity contribution in [2.75, 3.05) is 10.6 Å². The second kappa shape index (κ2) is 8.98. The molecule has 158 valence electrons. The highest BCUT2D eigenvalue weighted by molar-refractivity contribution is 5.68. The summed E-state index contributed by atoms with van der Waals surface area (Å²) in [5.74, 6) is 0.000724. The maximum atomic E-state index is 13.2. The molecule has 0 unspecified atom stereocenters. The van der Waals surface area contributed by atoms with Crippen LogP contribution in [0.1, 0.15) is 20.3 Å². The van der Waals surface area contributed by atoms with Crippen LogP contribution in [0.15, 0.2) is 54.6 Å². The summed E-state index contributed by atoms with van der Waals surface area (Å²) in [6, 6.07) is 12.9. The van der Waals surface area contributed by atoms with Crippen LogP contribution in [0.3, 0.4) is 0 Å². The van der Waals surface area contributed by atoms with E-state index in [4.69, 9.17) is 0 Å². The van der Waals surface area contributed by atoms with E-state index in [1.165, 1.54) is 30.3 Å². The predicted octanol–water partition coefficient (Wildman–Crippen LogP) is 6.14. The maximum Gasteiger partial charge on any atom is 0.573 e. The number of hydrogen-bond acceptors (Lipinski definition) is 5. The molecule has 1 aromatic heterocycles. The molecule has 0 fully saturated rings. The third kappa shape index (κ3) is 6.07. The standard InChI is InChI=1S/C21H20F4N4O/c1-3-13(2)26-20-28-18(14-5-4-6-17(11-14)30-21(23,24)25)12-19(29-20)27-16-9-7-15(22)8-10-16/h4-13H,3H2,1-2H3,(H2,26,27,28,29)/t13-/m0/s1. The van der Waals surface area contributed by atoms with Gasteiger partial charge in [0, 0.05) is 23.4 Å². The number of benzene rings is 2. The molecule has 2 aromatic carbocycles. The molecule has 1 heterocycles. The average Bonchev–Trinajstić information content (AvgIpc) is 2.68. The summed E-state index contributed by atoms with van der Waals surface area (Å²) in [6.07, 6.45) is -3.97. The van der Waals surface area contributed by atoms with Gasteiger partial charge in [0.25, 0.3) is 0 Å². The minimum absolute atomic E-state index is 0.0822. The van der Waals surface area contributed by atoms with E-state index < -0.39 is 6.36 Å². The minimum atomic E-state index is -4.79. The number of hydrogen-bond donors (Lipinski definition) is 2. The van der Waals surface area contributed by atoms with E-state index in [9.17, 15) is 17.6 Å². The lowest BCUT2D eigenvalue weighted by atomic mass is 10.1. The molecule has 0 aliphatic heterocycles. The highest BCUT2D eigenvalue weighted by Gasteiger charge is 2.31. The van der Waals surface area contributed by atoms with Crippen molar-refractivity contribution in [2.45, 2.75) is 32.7 Å². The molecule has 0 saturated carbocycles. The lowest BCUT2D eigenvalue weighted by Gasteiger charge is -2.15. The lowest BCUT2D eigenvalue weighted by Crippen LogP contribution is -2.17. The Morgan fingerprint density at radius 3 is 2.43 bits per heavy atom. The molecule has 3 rings (SSSR count). The first-order chi connectivity index (χ1) is 14.2. The number of alkyl halides is 3. The number of nitrogens with zero attached hydrogens (tertiary/aromatic N) is 2. The molecule has 1 atom stereocenters. The molecular formula is C21H20F4N4O. The number of ether oxygens (including phenoxy) is 1. The fraction of sp³-hybridized carbons (Fsp3) is 0.238. The Hall–Kier alpha value is -3.36. The predicted molar refractivity (Wildman–Crippen MR) is 107 cm³/mol. The zero-order valence-corrected chi connectivity index (χ0v) is 16.3. The molecule has 0 aliphatic rings. The van der Waals surface area contributed by atoms with Crippen LogP contribution in [-0.4, -0.2) is 22.4 Å². The Morgan fingerprint density at radius 2 is 1.77 bits per heavy atom. The van der Waals surface area contributed by atoms with Crippen molar-refractivity contribution in [1.82, 2.24) is 9.97 Å². The first-order valence-corrected chi connectivity index (χ1v) is 9.26. The quantitative estimate of drug-likeness (QED) is 0.450. The summed E-state index contributed by atoms with van der Waals surface area (Å²) >= 11 is 0. The van der Waals surface area contributed by atoms with Crippen LogP contribution < -0.4 is 15.4 Å². The Kier molecular flexibility index (Phi) is 6.39. The second-order valence-electron chi connectivity index (χ2n) is 6.62. The van der Waals surface area contributed by atoms with Crippen LogP contribution in [0.5, 0.6) is 5.75 Å². The zero-order chi connectivity index (χ0) is 21.7. The first-order valence-electron chi connectivity index (χ1n) is 9.26. The summed E-state index contributed by atoms with van der Waals surface area (Å²) in [6.45, 7) is 3.96. The minimum Gasteiger partial charge on any atom is -0.406 e. The first kappa shape index (κ1) is 21.4. The topological polar surface area (TPSA) is 59.1 Å². The van der Waals surface area contributed by atoms with Gasteiger partial charge in [0.15, 0.2) is 0 Å². The summed E-state index contributed by atoms with van der Waals surface area (Å²) in [7, 11) is 0. The Labute approximate surface area is 171 Å². The second-order valence-corrected chi connectivity index (χ2v) is 6.62. The van der Waals surface area contributed by atoms with Crippen LogP contribution in [-0.2, 0) is 0 Å². The molecule has 0 bridgehead atoms. The summed E-state index contributed by atoms with van der Waals surface area (Å²) < 4.78 is 54.8. The largest absolute Gasteiger partial charge is 0.573 e. The van der Waals surface area contributed by atoms with Crippen molar-refractivity contribution in [3.8, 4) is 17.0 Å². The van der Waals surface area contributed by atoms with Crippen molar-refractivity contribution >= 4 is 17.5 Å². The molecule has 9 heteroatoms. The monoisotopic (exact) mass is 420 g/mol. The molecule has 5 nitrogen and oxygen atoms in total. The van der Waals surface area contributed by atoms with Gasteiger partial charge in [-0.15, -0.1) is 13.2 Å². The van der Waals surface area contributed by atoms with E-state index in [0.717, 1.165) is 6.42 Å².